The van der Waals surface area contributed by atoms with Gasteiger partial charge in [0.15, 0.2) is 0 Å². The van der Waals surface area contributed by atoms with E-state index >= 15 is 0 Å². The molecule has 7 heteroatoms. The maximum atomic E-state index is 12.4. The summed E-state index contributed by atoms with van der Waals surface area (Å²) in [4.78, 5) is 24.3. The van der Waals surface area contributed by atoms with Crippen LogP contribution in [0.4, 0.5) is 10.5 Å². The number of benzene rings is 1. The van der Waals surface area contributed by atoms with E-state index in [1.807, 2.05) is 13.8 Å². The SMILES string of the molecule is CC(C)NC(=O)Nc1ccccc1C(=O)NC(CN)C1CC1.Cl. The third-order valence-electron chi connectivity index (χ3n) is 3.60. The van der Waals surface area contributed by atoms with Crippen LogP contribution in [0, 0.1) is 5.92 Å². The van der Waals surface area contributed by atoms with Crippen molar-refractivity contribution in [3.05, 3.63) is 29.8 Å². The predicted octanol–water partition coefficient (Wildman–Crippen LogP) is 2.11. The molecule has 0 heterocycles. The molecule has 1 aliphatic carbocycles. The first kappa shape index (κ1) is 19.3. The van der Waals surface area contributed by atoms with Gasteiger partial charge in [0.25, 0.3) is 5.91 Å². The van der Waals surface area contributed by atoms with Crippen molar-refractivity contribution in [2.45, 2.75) is 38.8 Å². The smallest absolute Gasteiger partial charge is 0.319 e. The predicted molar refractivity (Wildman–Crippen MR) is 94.0 cm³/mol. The highest BCUT2D eigenvalue weighted by atomic mass is 35.5. The molecule has 1 fully saturated rings. The van der Waals surface area contributed by atoms with Crippen LogP contribution in [-0.2, 0) is 0 Å². The Kier molecular flexibility index (Phi) is 7.32. The number of rotatable bonds is 6. The molecule has 1 aliphatic rings. The molecule has 23 heavy (non-hydrogen) atoms. The summed E-state index contributed by atoms with van der Waals surface area (Å²) >= 11 is 0. The Hall–Kier alpha value is -1.79. The van der Waals surface area contributed by atoms with Crippen LogP contribution in [0.25, 0.3) is 0 Å². The van der Waals surface area contributed by atoms with E-state index in [4.69, 9.17) is 5.73 Å². The summed E-state index contributed by atoms with van der Waals surface area (Å²) in [5.74, 6) is 0.279. The Labute approximate surface area is 143 Å². The molecule has 0 bridgehead atoms. The number of amides is 3. The van der Waals surface area contributed by atoms with E-state index in [0.29, 0.717) is 23.7 Å². The van der Waals surface area contributed by atoms with Gasteiger partial charge >= 0.3 is 6.03 Å². The van der Waals surface area contributed by atoms with Gasteiger partial charge in [0.2, 0.25) is 0 Å². The van der Waals surface area contributed by atoms with E-state index in [1.165, 1.54) is 0 Å². The molecular weight excluding hydrogens is 316 g/mol. The van der Waals surface area contributed by atoms with Crippen LogP contribution in [0.15, 0.2) is 24.3 Å². The third-order valence-corrected chi connectivity index (χ3v) is 3.60. The molecule has 0 aliphatic heterocycles. The van der Waals surface area contributed by atoms with Crippen molar-refractivity contribution in [3.63, 3.8) is 0 Å². The van der Waals surface area contributed by atoms with E-state index in [1.54, 1.807) is 24.3 Å². The Bertz CT molecular complexity index is 547. The molecule has 128 valence electrons. The Morgan fingerprint density at radius 2 is 1.87 bits per heavy atom. The van der Waals surface area contributed by atoms with Crippen molar-refractivity contribution in [1.82, 2.24) is 10.6 Å². The van der Waals surface area contributed by atoms with Gasteiger partial charge in [-0.15, -0.1) is 12.4 Å². The van der Waals surface area contributed by atoms with Crippen molar-refractivity contribution < 1.29 is 9.59 Å². The van der Waals surface area contributed by atoms with E-state index in [-0.39, 0.29) is 36.4 Å². The molecule has 5 N–H and O–H groups in total. The number of para-hydroxylation sites is 1. The summed E-state index contributed by atoms with van der Waals surface area (Å²) in [6.07, 6.45) is 2.22. The topological polar surface area (TPSA) is 96.2 Å². The van der Waals surface area contributed by atoms with Crippen molar-refractivity contribution in [2.24, 2.45) is 11.7 Å². The molecule has 1 aromatic rings. The van der Waals surface area contributed by atoms with Crippen molar-refractivity contribution >= 4 is 30.0 Å². The van der Waals surface area contributed by atoms with Gasteiger partial charge in [0.1, 0.15) is 0 Å². The number of carbonyl (C=O) groups is 2. The summed E-state index contributed by atoms with van der Waals surface area (Å²) in [7, 11) is 0. The fourth-order valence-electron chi connectivity index (χ4n) is 2.32. The second kappa shape index (κ2) is 8.74. The van der Waals surface area contributed by atoms with Crippen LogP contribution in [-0.4, -0.2) is 30.6 Å². The molecule has 0 spiro atoms. The molecule has 1 unspecified atom stereocenters. The molecule has 1 atom stereocenters. The molecule has 1 saturated carbocycles. The maximum Gasteiger partial charge on any atom is 0.319 e. The van der Waals surface area contributed by atoms with Crippen LogP contribution < -0.4 is 21.7 Å². The van der Waals surface area contributed by atoms with Gasteiger partial charge in [-0.25, -0.2) is 4.79 Å². The van der Waals surface area contributed by atoms with Crippen molar-refractivity contribution in [2.75, 3.05) is 11.9 Å². The normalized spacial score (nSPS) is 14.6. The third kappa shape index (κ3) is 5.73. The van der Waals surface area contributed by atoms with Crippen LogP contribution in [0.1, 0.15) is 37.0 Å². The molecule has 0 radical (unpaired) electrons. The second-order valence-electron chi connectivity index (χ2n) is 5.95. The van der Waals surface area contributed by atoms with Crippen LogP contribution in [0.3, 0.4) is 0 Å². The number of carbonyl (C=O) groups excluding carboxylic acids is 2. The zero-order valence-corrected chi connectivity index (χ0v) is 14.3. The number of halogens is 1. The highest BCUT2D eigenvalue weighted by Crippen LogP contribution is 2.32. The van der Waals surface area contributed by atoms with E-state index in [0.717, 1.165) is 12.8 Å². The fourth-order valence-corrected chi connectivity index (χ4v) is 2.32. The largest absolute Gasteiger partial charge is 0.348 e. The molecule has 6 nitrogen and oxygen atoms in total. The van der Waals surface area contributed by atoms with Crippen LogP contribution in [0.2, 0.25) is 0 Å². The highest BCUT2D eigenvalue weighted by molar-refractivity contribution is 6.03. The lowest BCUT2D eigenvalue weighted by atomic mass is 10.1. The van der Waals surface area contributed by atoms with Crippen molar-refractivity contribution in [3.8, 4) is 0 Å². The zero-order valence-electron chi connectivity index (χ0n) is 13.5. The average Bonchev–Trinajstić information content (AvgIpc) is 3.28. The Balaban J connectivity index is 0.00000264. The van der Waals surface area contributed by atoms with Gasteiger partial charge < -0.3 is 21.7 Å². The van der Waals surface area contributed by atoms with Gasteiger partial charge in [-0.1, -0.05) is 12.1 Å². The number of nitrogens with one attached hydrogen (secondary N) is 3. The number of urea groups is 1. The summed E-state index contributed by atoms with van der Waals surface area (Å²) in [5, 5.41) is 8.42. The minimum atomic E-state index is -0.326. The molecule has 3 amide bonds. The quantitative estimate of drug-likeness (QED) is 0.638. The van der Waals surface area contributed by atoms with Gasteiger partial charge in [-0.2, -0.15) is 0 Å². The maximum absolute atomic E-state index is 12.4. The molecular formula is C16H25ClN4O2. The van der Waals surface area contributed by atoms with Gasteiger partial charge in [0.05, 0.1) is 11.3 Å². The molecule has 0 aromatic heterocycles. The van der Waals surface area contributed by atoms with E-state index in [9.17, 15) is 9.59 Å². The monoisotopic (exact) mass is 340 g/mol. The van der Waals surface area contributed by atoms with Gasteiger partial charge in [0, 0.05) is 18.6 Å². The molecule has 2 rings (SSSR count). The molecule has 0 saturated heterocycles. The summed E-state index contributed by atoms with van der Waals surface area (Å²) in [6.45, 7) is 4.18. The second-order valence-corrected chi connectivity index (χ2v) is 5.95. The minimum absolute atomic E-state index is 0. The molecule has 1 aromatic carbocycles. The highest BCUT2D eigenvalue weighted by Gasteiger charge is 2.31. The van der Waals surface area contributed by atoms with Gasteiger partial charge in [-0.3, -0.25) is 4.79 Å². The Morgan fingerprint density at radius 1 is 1.22 bits per heavy atom. The number of anilines is 1. The summed E-state index contributed by atoms with van der Waals surface area (Å²) in [5.41, 5.74) is 6.65. The van der Waals surface area contributed by atoms with E-state index in [2.05, 4.69) is 16.0 Å². The first-order valence-corrected chi connectivity index (χ1v) is 7.68. The zero-order chi connectivity index (χ0) is 16.1. The Morgan fingerprint density at radius 3 is 2.43 bits per heavy atom. The lowest BCUT2D eigenvalue weighted by Gasteiger charge is -2.18. The first-order chi connectivity index (χ1) is 10.5. The van der Waals surface area contributed by atoms with Crippen molar-refractivity contribution in [1.29, 1.82) is 0 Å². The standard InChI is InChI=1S/C16H24N4O2.ClH/c1-10(2)18-16(22)20-13-6-4-3-5-12(13)15(21)19-14(9-17)11-7-8-11;/h3-6,10-11,14H,7-9,17H2,1-2H3,(H,19,21)(H2,18,20,22);1H. The number of hydrogen-bond donors (Lipinski definition) is 4. The number of nitrogens with two attached hydrogens (primary N) is 1. The summed E-state index contributed by atoms with van der Waals surface area (Å²) in [6, 6.07) is 6.66. The van der Waals surface area contributed by atoms with E-state index < -0.39 is 0 Å². The summed E-state index contributed by atoms with van der Waals surface area (Å²) < 4.78 is 0. The lowest BCUT2D eigenvalue weighted by Crippen LogP contribution is -2.42. The average molecular weight is 341 g/mol. The first-order valence-electron chi connectivity index (χ1n) is 7.68. The lowest BCUT2D eigenvalue weighted by molar-refractivity contribution is 0.0934. The van der Waals surface area contributed by atoms with Crippen LogP contribution in [0.5, 0.6) is 0 Å². The van der Waals surface area contributed by atoms with Crippen LogP contribution >= 0.6 is 12.4 Å². The minimum Gasteiger partial charge on any atom is -0.348 e. The number of hydrogen-bond acceptors (Lipinski definition) is 3. The fraction of sp³-hybridized carbons (Fsp3) is 0.500. The van der Waals surface area contributed by atoms with Gasteiger partial charge in [-0.05, 0) is 44.7 Å².